The van der Waals surface area contributed by atoms with E-state index in [1.54, 1.807) is 6.20 Å². The number of aromatic nitrogens is 2. The Kier molecular flexibility index (Phi) is 4.68. The van der Waals surface area contributed by atoms with E-state index in [9.17, 15) is 0 Å². The van der Waals surface area contributed by atoms with Gasteiger partial charge in [0.15, 0.2) is 0 Å². The first-order valence-corrected chi connectivity index (χ1v) is 14.4. The summed E-state index contributed by atoms with van der Waals surface area (Å²) in [6, 6.07) is 39.7. The molecule has 42 heavy (non-hydrogen) atoms. The zero-order valence-corrected chi connectivity index (χ0v) is 23.1. The number of allylic oxidation sites excluding steroid dienone is 3. The predicted molar refractivity (Wildman–Crippen MR) is 179 cm³/mol. The second kappa shape index (κ2) is 8.48. The van der Waals surface area contributed by atoms with Gasteiger partial charge in [0.2, 0.25) is 0 Å². The number of aromatic amines is 1. The molecule has 0 saturated carbocycles. The number of fused-ring (bicyclic) bond motifs is 9. The van der Waals surface area contributed by atoms with Crippen molar-refractivity contribution in [2.24, 2.45) is 5.73 Å². The fourth-order valence-corrected chi connectivity index (χ4v) is 7.27. The maximum Gasteiger partial charge on any atom is 0.0720 e. The molecule has 0 atom stereocenters. The van der Waals surface area contributed by atoms with Crippen LogP contribution in [0.5, 0.6) is 0 Å². The van der Waals surface area contributed by atoms with E-state index >= 15 is 0 Å². The summed E-state index contributed by atoms with van der Waals surface area (Å²) in [6.45, 7) is 2.18. The molecular weight excluding hydrogens is 510 g/mol. The third kappa shape index (κ3) is 3.05. The number of hydrogen-bond acceptors (Lipinski definition) is 1. The Hall–Kier alpha value is -5.54. The first kappa shape index (κ1) is 23.2. The molecule has 0 unspecified atom stereocenters. The molecule has 0 saturated heterocycles. The second-order valence-electron chi connectivity index (χ2n) is 11.3. The molecule has 9 rings (SSSR count). The Morgan fingerprint density at radius 2 is 1.40 bits per heavy atom. The van der Waals surface area contributed by atoms with Crippen molar-refractivity contribution in [3.8, 4) is 22.3 Å². The number of nitrogens with two attached hydrogens (primary N) is 1. The smallest absolute Gasteiger partial charge is 0.0720 e. The molecule has 2 heterocycles. The summed E-state index contributed by atoms with van der Waals surface area (Å²) in [7, 11) is 0. The summed E-state index contributed by atoms with van der Waals surface area (Å²) in [5.74, 6) is 0. The van der Waals surface area contributed by atoms with Gasteiger partial charge in [-0.15, -0.1) is 0 Å². The van der Waals surface area contributed by atoms with E-state index in [1.165, 1.54) is 65.5 Å². The molecule has 2 aromatic heterocycles. The van der Waals surface area contributed by atoms with Crippen molar-refractivity contribution in [2.75, 3.05) is 0 Å². The number of rotatable bonds is 3. The van der Waals surface area contributed by atoms with Crippen LogP contribution in [-0.4, -0.2) is 9.55 Å². The van der Waals surface area contributed by atoms with Gasteiger partial charge < -0.3 is 15.3 Å². The lowest BCUT2D eigenvalue weighted by atomic mass is 9.93. The highest BCUT2D eigenvalue weighted by molar-refractivity contribution is 6.19. The third-order valence-corrected chi connectivity index (χ3v) is 9.07. The van der Waals surface area contributed by atoms with Crippen molar-refractivity contribution in [3.05, 3.63) is 133 Å². The van der Waals surface area contributed by atoms with E-state index in [0.717, 1.165) is 27.9 Å². The van der Waals surface area contributed by atoms with Crippen molar-refractivity contribution in [2.45, 2.75) is 6.92 Å². The van der Waals surface area contributed by atoms with Crippen LogP contribution in [-0.2, 0) is 0 Å². The normalized spacial score (nSPS) is 13.3. The minimum absolute atomic E-state index is 0.998. The molecule has 1 aliphatic rings. The van der Waals surface area contributed by atoms with Crippen molar-refractivity contribution < 1.29 is 0 Å². The molecule has 3 nitrogen and oxygen atoms in total. The standard InChI is InChI=1S/C39H27N3/c1-23(42-36-17-18-41-38(36)32-16-15-24-7-2-3-11-29(24)39(32)42)19-27(22-40)28-12-6-10-26-20-34-30-13-4-8-25-9-5-14-31(37(25)30)35(34)21-33(26)28/h2-22,41H,40H2,1H3/b23-19+,27-22+. The van der Waals surface area contributed by atoms with Crippen LogP contribution in [0.15, 0.2) is 128 Å². The molecule has 6 aromatic carbocycles. The van der Waals surface area contributed by atoms with Crippen molar-refractivity contribution >= 4 is 65.5 Å². The predicted octanol–water partition coefficient (Wildman–Crippen LogP) is 10.1. The number of benzene rings is 6. The molecule has 0 radical (unpaired) electrons. The van der Waals surface area contributed by atoms with E-state index in [1.807, 2.05) is 6.20 Å². The summed E-state index contributed by atoms with van der Waals surface area (Å²) < 4.78 is 2.37. The van der Waals surface area contributed by atoms with Crippen LogP contribution in [0.4, 0.5) is 0 Å². The van der Waals surface area contributed by atoms with Gasteiger partial charge in [0, 0.05) is 28.9 Å². The van der Waals surface area contributed by atoms with Crippen molar-refractivity contribution in [1.29, 1.82) is 0 Å². The Balaban J connectivity index is 1.26. The number of nitrogens with one attached hydrogen (secondary N) is 1. The SMILES string of the molecule is C/C(=C\C(=C/N)c1cccc2cc3c(cc12)-c1cccc2cccc-3c12)n1c2cc[nH]c2c2ccc3ccccc3c21. The second-order valence-corrected chi connectivity index (χ2v) is 11.3. The molecular formula is C39H27N3. The molecule has 8 aromatic rings. The van der Waals surface area contributed by atoms with E-state index in [2.05, 4.69) is 132 Å². The molecule has 3 heteroatoms. The van der Waals surface area contributed by atoms with Gasteiger partial charge >= 0.3 is 0 Å². The van der Waals surface area contributed by atoms with Crippen LogP contribution in [0.2, 0.25) is 0 Å². The summed E-state index contributed by atoms with van der Waals surface area (Å²) >= 11 is 0. The minimum Gasteiger partial charge on any atom is -0.404 e. The Morgan fingerprint density at radius 1 is 0.667 bits per heavy atom. The quantitative estimate of drug-likeness (QED) is 0.216. The van der Waals surface area contributed by atoms with Crippen LogP contribution in [0, 0.1) is 0 Å². The van der Waals surface area contributed by atoms with E-state index in [0.29, 0.717) is 0 Å². The van der Waals surface area contributed by atoms with Gasteiger partial charge in [-0.05, 0) is 91.5 Å². The average Bonchev–Trinajstić information content (AvgIpc) is 3.71. The van der Waals surface area contributed by atoms with Gasteiger partial charge in [0.05, 0.1) is 16.6 Å². The van der Waals surface area contributed by atoms with Gasteiger partial charge in [0.25, 0.3) is 0 Å². The Morgan fingerprint density at radius 3 is 2.24 bits per heavy atom. The Bertz CT molecular complexity index is 2470. The Labute approximate surface area is 242 Å². The summed E-state index contributed by atoms with van der Waals surface area (Å²) in [6.07, 6.45) is 6.00. The molecule has 0 aliphatic heterocycles. The van der Waals surface area contributed by atoms with Crippen molar-refractivity contribution in [1.82, 2.24) is 9.55 Å². The van der Waals surface area contributed by atoms with Gasteiger partial charge in [-0.25, -0.2) is 0 Å². The minimum atomic E-state index is 0.998. The van der Waals surface area contributed by atoms with Gasteiger partial charge in [-0.1, -0.05) is 91.0 Å². The first-order valence-electron chi connectivity index (χ1n) is 14.4. The van der Waals surface area contributed by atoms with E-state index in [-0.39, 0.29) is 0 Å². The molecule has 0 amide bonds. The van der Waals surface area contributed by atoms with Gasteiger partial charge in [-0.2, -0.15) is 0 Å². The zero-order chi connectivity index (χ0) is 27.9. The van der Waals surface area contributed by atoms with Crippen LogP contribution >= 0.6 is 0 Å². The molecule has 198 valence electrons. The lowest BCUT2D eigenvalue weighted by molar-refractivity contribution is 1.21. The maximum absolute atomic E-state index is 6.41. The van der Waals surface area contributed by atoms with E-state index < -0.39 is 0 Å². The lowest BCUT2D eigenvalue weighted by Gasteiger charge is -2.14. The highest BCUT2D eigenvalue weighted by Crippen LogP contribution is 2.49. The largest absolute Gasteiger partial charge is 0.404 e. The van der Waals surface area contributed by atoms with Crippen LogP contribution in [0.3, 0.4) is 0 Å². The van der Waals surface area contributed by atoms with Crippen LogP contribution in [0.25, 0.3) is 87.8 Å². The first-order chi connectivity index (χ1) is 20.7. The molecule has 0 bridgehead atoms. The fraction of sp³-hybridized carbons (Fsp3) is 0.0256. The monoisotopic (exact) mass is 537 g/mol. The third-order valence-electron chi connectivity index (χ3n) is 9.07. The summed E-state index contributed by atoms with van der Waals surface area (Å²) in [5, 5.41) is 8.74. The highest BCUT2D eigenvalue weighted by atomic mass is 15.0. The summed E-state index contributed by atoms with van der Waals surface area (Å²) in [5.41, 5.74) is 18.4. The highest BCUT2D eigenvalue weighted by Gasteiger charge is 2.22. The van der Waals surface area contributed by atoms with Crippen molar-refractivity contribution in [3.63, 3.8) is 0 Å². The number of H-pyrrole nitrogens is 1. The molecule has 0 spiro atoms. The van der Waals surface area contributed by atoms with E-state index in [4.69, 9.17) is 5.73 Å². The topological polar surface area (TPSA) is 46.7 Å². The molecule has 3 N–H and O–H groups in total. The molecule has 0 fully saturated rings. The lowest BCUT2D eigenvalue weighted by Crippen LogP contribution is -1.96. The maximum atomic E-state index is 6.41. The van der Waals surface area contributed by atoms with Crippen LogP contribution in [0.1, 0.15) is 12.5 Å². The fourth-order valence-electron chi connectivity index (χ4n) is 7.27. The zero-order valence-electron chi connectivity index (χ0n) is 23.1. The number of nitrogens with zero attached hydrogens (tertiary/aromatic N) is 1. The number of hydrogen-bond donors (Lipinski definition) is 2. The summed E-state index contributed by atoms with van der Waals surface area (Å²) in [4.78, 5) is 3.48. The average molecular weight is 538 g/mol. The van der Waals surface area contributed by atoms with Gasteiger partial charge in [-0.3, -0.25) is 0 Å². The molecule has 1 aliphatic carbocycles. The van der Waals surface area contributed by atoms with Gasteiger partial charge in [0.1, 0.15) is 0 Å². The van der Waals surface area contributed by atoms with Crippen LogP contribution < -0.4 is 5.73 Å².